The number of halogens is 1. The average Bonchev–Trinajstić information content (AvgIpc) is 3.26. The van der Waals surface area contributed by atoms with Crippen molar-refractivity contribution in [3.8, 4) is 22.3 Å². The van der Waals surface area contributed by atoms with Gasteiger partial charge in [0.25, 0.3) is 0 Å². The van der Waals surface area contributed by atoms with Gasteiger partial charge >= 0.3 is 0 Å². The van der Waals surface area contributed by atoms with E-state index in [9.17, 15) is 0 Å². The van der Waals surface area contributed by atoms with Gasteiger partial charge in [0.15, 0.2) is 0 Å². The van der Waals surface area contributed by atoms with E-state index in [1.807, 2.05) is 54.6 Å². The average molecular weight is 454 g/mol. The molecule has 5 aromatic carbocycles. The summed E-state index contributed by atoms with van der Waals surface area (Å²) in [5.74, 6) is 0. The van der Waals surface area contributed by atoms with E-state index in [2.05, 4.69) is 28.1 Å². The summed E-state index contributed by atoms with van der Waals surface area (Å²) >= 11 is 3.51. The molecule has 6 aromatic rings. The van der Waals surface area contributed by atoms with Gasteiger partial charge < -0.3 is 4.42 Å². The van der Waals surface area contributed by atoms with E-state index in [-0.39, 0.29) is 29.7 Å². The van der Waals surface area contributed by atoms with Crippen molar-refractivity contribution < 1.29 is 11.3 Å². The number of rotatable bonds is 2. The predicted octanol–water partition coefficient (Wildman–Crippen LogP) is 8.84. The Morgan fingerprint density at radius 3 is 2.30 bits per heavy atom. The van der Waals surface area contributed by atoms with Crippen molar-refractivity contribution >= 4 is 48.6 Å². The van der Waals surface area contributed by atoms with Gasteiger partial charge in [-0.15, -0.1) is 0 Å². The van der Waals surface area contributed by atoms with Crippen molar-refractivity contribution in [3.05, 3.63) is 107 Å². The van der Waals surface area contributed by atoms with Crippen LogP contribution in [0.4, 0.5) is 0 Å². The molecule has 0 bridgehead atoms. The maximum atomic E-state index is 8.39. The highest BCUT2D eigenvalue weighted by atomic mass is 79.9. The number of fused-ring (bicyclic) bond motifs is 5. The van der Waals surface area contributed by atoms with Crippen molar-refractivity contribution in [2.45, 2.75) is 0 Å². The Bertz CT molecular complexity index is 1780. The van der Waals surface area contributed by atoms with Gasteiger partial charge in [-0.2, -0.15) is 0 Å². The summed E-state index contributed by atoms with van der Waals surface area (Å²) < 4.78 is 48.1. The summed E-state index contributed by atoms with van der Waals surface area (Å²) in [6.45, 7) is 0. The second-order valence-electron chi connectivity index (χ2n) is 7.17. The first-order valence-corrected chi connectivity index (χ1v) is 10.4. The lowest BCUT2D eigenvalue weighted by Gasteiger charge is -2.10. The van der Waals surface area contributed by atoms with Crippen LogP contribution in [0.25, 0.3) is 55.0 Å². The van der Waals surface area contributed by atoms with Gasteiger partial charge in [-0.1, -0.05) is 82.5 Å². The topological polar surface area (TPSA) is 13.1 Å². The molecule has 0 saturated heterocycles. The molecule has 0 amide bonds. The van der Waals surface area contributed by atoms with Gasteiger partial charge in [0.2, 0.25) is 0 Å². The predicted molar refractivity (Wildman–Crippen MR) is 130 cm³/mol. The quantitative estimate of drug-likeness (QED) is 0.255. The fourth-order valence-electron chi connectivity index (χ4n) is 4.03. The van der Waals surface area contributed by atoms with Crippen LogP contribution < -0.4 is 0 Å². The summed E-state index contributed by atoms with van der Waals surface area (Å²) in [5.41, 5.74) is 4.33. The van der Waals surface area contributed by atoms with Crippen LogP contribution >= 0.6 is 15.9 Å². The monoisotopic (exact) mass is 453 g/mol. The number of hydrogen-bond donors (Lipinski definition) is 0. The number of para-hydroxylation sites is 1. The highest BCUT2D eigenvalue weighted by molar-refractivity contribution is 9.10. The highest BCUT2D eigenvalue weighted by Crippen LogP contribution is 2.42. The zero-order valence-corrected chi connectivity index (χ0v) is 17.3. The largest absolute Gasteiger partial charge is 0.455 e. The van der Waals surface area contributed by atoms with Crippen LogP contribution in [-0.4, -0.2) is 0 Å². The SMILES string of the molecule is [2H]c1c([2H])c([2H])c(-c2ccc3c(c2)cc(-c2ccc(Br)cc2)c2c4ccccc4oc32)c([2H])c1[2H]. The molecule has 0 aliphatic rings. The Labute approximate surface area is 189 Å². The van der Waals surface area contributed by atoms with Crippen molar-refractivity contribution in [1.82, 2.24) is 0 Å². The lowest BCUT2D eigenvalue weighted by molar-refractivity contribution is 0.673. The molecule has 0 aliphatic carbocycles. The molecule has 1 aromatic heterocycles. The van der Waals surface area contributed by atoms with Crippen LogP contribution in [0, 0.1) is 0 Å². The highest BCUT2D eigenvalue weighted by Gasteiger charge is 2.16. The van der Waals surface area contributed by atoms with Gasteiger partial charge in [-0.25, -0.2) is 0 Å². The maximum absolute atomic E-state index is 8.39. The minimum absolute atomic E-state index is 0.188. The zero-order valence-electron chi connectivity index (χ0n) is 20.7. The Balaban J connectivity index is 1.71. The molecule has 142 valence electrons. The Morgan fingerprint density at radius 2 is 1.47 bits per heavy atom. The van der Waals surface area contributed by atoms with E-state index in [1.165, 1.54) is 0 Å². The Morgan fingerprint density at radius 1 is 0.700 bits per heavy atom. The third-order valence-corrected chi connectivity index (χ3v) is 5.93. The Hall–Kier alpha value is -3.36. The fourth-order valence-corrected chi connectivity index (χ4v) is 4.29. The molecular weight excluding hydrogens is 432 g/mol. The second-order valence-corrected chi connectivity index (χ2v) is 8.08. The van der Waals surface area contributed by atoms with Crippen LogP contribution in [-0.2, 0) is 0 Å². The van der Waals surface area contributed by atoms with Gasteiger partial charge in [0.05, 0.1) is 6.85 Å². The first-order chi connectivity index (χ1) is 16.8. The number of benzene rings is 5. The van der Waals surface area contributed by atoms with Crippen molar-refractivity contribution in [3.63, 3.8) is 0 Å². The van der Waals surface area contributed by atoms with Crippen molar-refractivity contribution in [2.24, 2.45) is 0 Å². The summed E-state index contributed by atoms with van der Waals surface area (Å²) in [4.78, 5) is 0. The molecule has 1 nitrogen and oxygen atoms in total. The molecule has 2 heteroatoms. The molecule has 0 spiro atoms. The third kappa shape index (κ3) is 2.76. The molecule has 1 heterocycles. The molecule has 6 rings (SSSR count). The van der Waals surface area contributed by atoms with Crippen molar-refractivity contribution in [1.29, 1.82) is 0 Å². The molecule has 0 radical (unpaired) electrons. The standard InChI is InChI=1S/C28H17BrO/c29-22-13-10-19(11-14-22)25-17-21-16-20(18-6-2-1-3-7-18)12-15-23(21)28-27(25)24-8-4-5-9-26(24)30-28/h1-17H/i1D,2D,3D,6D,7D. The van der Waals surface area contributed by atoms with E-state index in [0.717, 1.165) is 48.3 Å². The van der Waals surface area contributed by atoms with Gasteiger partial charge in [-0.3, -0.25) is 0 Å². The smallest absolute Gasteiger partial charge is 0.143 e. The van der Waals surface area contributed by atoms with Crippen LogP contribution in [0.15, 0.2) is 112 Å². The first kappa shape index (κ1) is 13.0. The molecule has 0 saturated carbocycles. The number of hydrogen-bond acceptors (Lipinski definition) is 1. The number of furan rings is 1. The molecule has 30 heavy (non-hydrogen) atoms. The van der Waals surface area contributed by atoms with Crippen LogP contribution in [0.1, 0.15) is 6.85 Å². The third-order valence-electron chi connectivity index (χ3n) is 5.40. The van der Waals surface area contributed by atoms with E-state index in [1.54, 1.807) is 6.07 Å². The second kappa shape index (κ2) is 6.86. The summed E-state index contributed by atoms with van der Waals surface area (Å²) in [5, 5.41) is 3.80. The van der Waals surface area contributed by atoms with E-state index in [4.69, 9.17) is 11.3 Å². The normalized spacial score (nSPS) is 13.8. The first-order valence-electron chi connectivity index (χ1n) is 12.1. The van der Waals surface area contributed by atoms with Gasteiger partial charge in [0, 0.05) is 20.6 Å². The van der Waals surface area contributed by atoms with Crippen LogP contribution in [0.2, 0.25) is 0 Å². The Kier molecular flexibility index (Phi) is 2.98. The minimum atomic E-state index is -0.397. The van der Waals surface area contributed by atoms with Gasteiger partial charge in [0.1, 0.15) is 11.2 Å². The maximum Gasteiger partial charge on any atom is 0.143 e. The van der Waals surface area contributed by atoms with E-state index in [0.29, 0.717) is 5.56 Å². The van der Waals surface area contributed by atoms with Crippen molar-refractivity contribution in [2.75, 3.05) is 0 Å². The lowest BCUT2D eigenvalue weighted by Crippen LogP contribution is -1.84. The zero-order chi connectivity index (χ0) is 24.4. The minimum Gasteiger partial charge on any atom is -0.455 e. The fraction of sp³-hybridized carbons (Fsp3) is 0. The summed E-state index contributed by atoms with van der Waals surface area (Å²) in [6, 6.07) is 22.2. The van der Waals surface area contributed by atoms with E-state index < -0.39 is 6.04 Å². The lowest BCUT2D eigenvalue weighted by atomic mass is 9.93. The molecule has 0 unspecified atom stereocenters. The molecule has 0 atom stereocenters. The van der Waals surface area contributed by atoms with Crippen LogP contribution in [0.5, 0.6) is 0 Å². The summed E-state index contributed by atoms with van der Waals surface area (Å²) in [7, 11) is 0. The molecule has 0 fully saturated rings. The molecule has 0 aliphatic heterocycles. The van der Waals surface area contributed by atoms with E-state index >= 15 is 0 Å². The van der Waals surface area contributed by atoms with Crippen LogP contribution in [0.3, 0.4) is 0 Å². The molecule has 0 N–H and O–H groups in total. The summed E-state index contributed by atoms with van der Waals surface area (Å²) in [6.07, 6.45) is 0. The molecular formula is C28H17BrO. The van der Waals surface area contributed by atoms with Gasteiger partial charge in [-0.05, 0) is 64.0 Å².